The summed E-state index contributed by atoms with van der Waals surface area (Å²) < 4.78 is 83.1. The highest BCUT2D eigenvalue weighted by atomic mass is 32.2. The molecule has 8 nitrogen and oxygen atoms in total. The minimum Gasteiger partial charge on any atom is -0.497 e. The molecule has 68 heavy (non-hydrogen) atoms. The van der Waals surface area contributed by atoms with Crippen LogP contribution in [0, 0.1) is 23.3 Å². The van der Waals surface area contributed by atoms with Gasteiger partial charge in [-0.15, -0.1) is 11.8 Å². The Morgan fingerprint density at radius 3 is 1.22 bits per heavy atom. The Balaban J connectivity index is 1.29. The van der Waals surface area contributed by atoms with Gasteiger partial charge in [0.25, 0.3) is 0 Å². The third-order valence-electron chi connectivity index (χ3n) is 11.9. The number of thioether (sulfide) groups is 1. The summed E-state index contributed by atoms with van der Waals surface area (Å²) in [4.78, 5) is 16.4. The highest BCUT2D eigenvalue weighted by molar-refractivity contribution is 7.99. The summed E-state index contributed by atoms with van der Waals surface area (Å²) in [6, 6.07) is 38.7. The van der Waals surface area contributed by atoms with E-state index in [1.165, 1.54) is 0 Å². The smallest absolute Gasteiger partial charge is 0.176 e. The molecular weight excluding hydrogens is 889 g/mol. The van der Waals surface area contributed by atoms with Gasteiger partial charge in [-0.2, -0.15) is 0 Å². The highest BCUT2D eigenvalue weighted by Crippen LogP contribution is 2.43. The Morgan fingerprint density at radius 2 is 0.824 bits per heavy atom. The lowest BCUT2D eigenvalue weighted by atomic mass is 10.00. The van der Waals surface area contributed by atoms with E-state index in [1.807, 2.05) is 97.1 Å². The average molecular weight is 929 g/mol. The van der Waals surface area contributed by atoms with Crippen LogP contribution in [0.15, 0.2) is 132 Å². The van der Waals surface area contributed by atoms with Crippen molar-refractivity contribution < 1.29 is 36.9 Å². The summed E-state index contributed by atoms with van der Waals surface area (Å²) in [6.45, 7) is 0. The van der Waals surface area contributed by atoms with Crippen molar-refractivity contribution in [3.8, 4) is 61.8 Å². The third kappa shape index (κ3) is 8.09. The van der Waals surface area contributed by atoms with Gasteiger partial charge in [0.05, 0.1) is 60.7 Å². The van der Waals surface area contributed by atoms with Crippen LogP contribution in [0.25, 0.3) is 90.9 Å². The first-order valence-electron chi connectivity index (χ1n) is 21.5. The predicted octanol–water partition coefficient (Wildman–Crippen LogP) is 13.7. The first-order valence-corrected chi connectivity index (χ1v) is 22.4. The molecule has 5 aromatic carbocycles. The number of fused-ring (bicyclic) bond motifs is 8. The number of rotatable bonds is 11. The fourth-order valence-electron chi connectivity index (χ4n) is 8.55. The molecule has 338 valence electrons. The van der Waals surface area contributed by atoms with Gasteiger partial charge in [0.15, 0.2) is 23.3 Å². The Hall–Kier alpha value is -7.87. The summed E-state index contributed by atoms with van der Waals surface area (Å²) in [5.74, 6) is -4.84. The van der Waals surface area contributed by atoms with E-state index in [1.54, 1.807) is 76.0 Å². The van der Waals surface area contributed by atoms with Crippen molar-refractivity contribution >= 4 is 58.1 Å². The van der Waals surface area contributed by atoms with Gasteiger partial charge < -0.3 is 29.3 Å². The molecule has 1 atom stereocenters. The SMILES string of the molecule is COc1ccc(-c2c3nc(c(-c4c(F)c(F)c(SCC(O)c5ccccc5)c(F)c4F)c4nc(c(-c5ccc(OC)cc5)c5ccc([nH]5)c(-c5ccc(OC)cc5)c5ccc2[nH]5)C=C4)C=C3)cc1. The van der Waals surface area contributed by atoms with Crippen molar-refractivity contribution in [3.05, 3.63) is 179 Å². The number of ether oxygens (including phenoxy) is 3. The maximum atomic E-state index is 16.9. The number of hydrogen-bond acceptors (Lipinski definition) is 7. The van der Waals surface area contributed by atoms with Gasteiger partial charge in [0.2, 0.25) is 0 Å². The van der Waals surface area contributed by atoms with E-state index in [2.05, 4.69) is 9.97 Å². The summed E-state index contributed by atoms with van der Waals surface area (Å²) in [7, 11) is 4.75. The maximum Gasteiger partial charge on any atom is 0.176 e. The molecule has 0 saturated carbocycles. The van der Waals surface area contributed by atoms with E-state index in [0.29, 0.717) is 68.1 Å². The molecule has 10 rings (SSSR count). The number of H-pyrrole nitrogens is 2. The fraction of sp³-hybridized carbons (Fsp3) is 0.0909. The van der Waals surface area contributed by atoms with Crippen LogP contribution in [0.4, 0.5) is 17.6 Å². The lowest BCUT2D eigenvalue weighted by molar-refractivity contribution is 0.204. The standard InChI is InChI=1S/C55H40F4N4O4S/c1-65-34-15-9-31(10-16-34)46-37-21-23-39(60-37)47(32-11-17-35(66-2)18-12-32)41-25-27-43(62-41)49(50-51(56)53(58)55(54(59)52(50)57)68-29-45(64)30-7-5-4-6-8-30)44-28-26-42(63-44)48(40-24-22-38(46)61-40)33-13-19-36(67-3)20-14-33/h4-28,45,60-61,64H,29H2,1-3H3. The van der Waals surface area contributed by atoms with Crippen molar-refractivity contribution in [1.29, 1.82) is 0 Å². The van der Waals surface area contributed by atoms with Crippen molar-refractivity contribution in [2.45, 2.75) is 11.0 Å². The average Bonchev–Trinajstić information content (AvgIpc) is 4.24. The van der Waals surface area contributed by atoms with E-state index in [4.69, 9.17) is 24.2 Å². The molecule has 8 aromatic rings. The number of aliphatic hydroxyl groups excluding tert-OH is 1. The van der Waals surface area contributed by atoms with Crippen molar-refractivity contribution in [3.63, 3.8) is 0 Å². The number of aliphatic hydroxyl groups is 1. The molecule has 13 heteroatoms. The highest BCUT2D eigenvalue weighted by Gasteiger charge is 2.31. The summed E-state index contributed by atoms with van der Waals surface area (Å²) in [5, 5.41) is 10.8. The molecule has 2 aliphatic rings. The summed E-state index contributed by atoms with van der Waals surface area (Å²) in [5.41, 5.74) is 7.20. The predicted molar refractivity (Wildman–Crippen MR) is 262 cm³/mol. The third-order valence-corrected chi connectivity index (χ3v) is 13.1. The molecule has 0 radical (unpaired) electrons. The van der Waals surface area contributed by atoms with Crippen molar-refractivity contribution in [2.24, 2.45) is 0 Å². The van der Waals surface area contributed by atoms with Crippen LogP contribution in [0.3, 0.4) is 0 Å². The fourth-order valence-corrected chi connectivity index (χ4v) is 9.50. The van der Waals surface area contributed by atoms with Gasteiger partial charge in [-0.05, 0) is 107 Å². The maximum absolute atomic E-state index is 16.9. The molecule has 0 saturated heterocycles. The van der Waals surface area contributed by atoms with Crippen LogP contribution < -0.4 is 14.2 Å². The number of hydrogen-bond donors (Lipinski definition) is 3. The van der Waals surface area contributed by atoms with Crippen LogP contribution in [0.2, 0.25) is 0 Å². The molecule has 1 unspecified atom stereocenters. The van der Waals surface area contributed by atoms with E-state index in [0.717, 1.165) is 33.3 Å². The summed E-state index contributed by atoms with van der Waals surface area (Å²) in [6.07, 6.45) is 5.32. The zero-order chi connectivity index (χ0) is 47.1. The monoisotopic (exact) mass is 928 g/mol. The number of aromatic amines is 2. The number of methoxy groups -OCH3 is 3. The van der Waals surface area contributed by atoms with Crippen LogP contribution in [-0.2, 0) is 0 Å². The van der Waals surface area contributed by atoms with Crippen molar-refractivity contribution in [1.82, 2.24) is 19.9 Å². The van der Waals surface area contributed by atoms with Crippen LogP contribution in [0.5, 0.6) is 17.2 Å². The number of nitrogens with one attached hydrogen (secondary N) is 2. The Morgan fingerprint density at radius 1 is 0.456 bits per heavy atom. The minimum atomic E-state index is -1.64. The second kappa shape index (κ2) is 18.4. The summed E-state index contributed by atoms with van der Waals surface area (Å²) >= 11 is 0.477. The Kier molecular flexibility index (Phi) is 11.9. The molecule has 3 N–H and O–H groups in total. The number of benzene rings is 5. The zero-order valence-corrected chi connectivity index (χ0v) is 37.5. The van der Waals surface area contributed by atoms with E-state index >= 15 is 17.6 Å². The molecule has 3 aromatic heterocycles. The molecule has 0 amide bonds. The molecule has 2 aliphatic heterocycles. The van der Waals surface area contributed by atoms with Gasteiger partial charge in [-0.1, -0.05) is 66.7 Å². The van der Waals surface area contributed by atoms with Crippen LogP contribution in [-0.4, -0.2) is 52.1 Å². The number of halogens is 4. The normalized spacial score (nSPS) is 12.4. The molecular formula is C55H40F4N4O4S. The zero-order valence-electron chi connectivity index (χ0n) is 36.7. The van der Waals surface area contributed by atoms with Gasteiger partial charge >= 0.3 is 0 Å². The molecule has 8 bridgehead atoms. The van der Waals surface area contributed by atoms with Gasteiger partial charge in [0.1, 0.15) is 17.2 Å². The van der Waals surface area contributed by atoms with Crippen molar-refractivity contribution in [2.75, 3.05) is 27.1 Å². The number of nitrogens with zero attached hydrogens (tertiary/aromatic N) is 2. The number of aromatic nitrogens is 4. The van der Waals surface area contributed by atoms with Gasteiger partial charge in [-0.25, -0.2) is 27.5 Å². The minimum absolute atomic E-state index is 0.00433. The first-order chi connectivity index (χ1) is 33.1. The van der Waals surface area contributed by atoms with Gasteiger partial charge in [-0.3, -0.25) is 0 Å². The lowest BCUT2D eigenvalue weighted by Crippen LogP contribution is -2.07. The second-order valence-corrected chi connectivity index (χ2v) is 16.9. The lowest BCUT2D eigenvalue weighted by Gasteiger charge is -2.15. The van der Waals surface area contributed by atoms with E-state index in [9.17, 15) is 5.11 Å². The molecule has 5 heterocycles. The topological polar surface area (TPSA) is 105 Å². The van der Waals surface area contributed by atoms with Gasteiger partial charge in [0, 0.05) is 50.1 Å². The largest absolute Gasteiger partial charge is 0.497 e. The molecule has 0 spiro atoms. The van der Waals surface area contributed by atoms with Crippen LogP contribution in [0.1, 0.15) is 34.4 Å². The Labute approximate surface area is 392 Å². The molecule has 0 fully saturated rings. The first kappa shape index (κ1) is 44.0. The van der Waals surface area contributed by atoms with E-state index in [-0.39, 0.29) is 22.7 Å². The quantitative estimate of drug-likeness (QED) is 0.0674. The van der Waals surface area contributed by atoms with Crippen LogP contribution >= 0.6 is 11.8 Å². The van der Waals surface area contributed by atoms with E-state index < -0.39 is 39.8 Å². The Bertz CT molecular complexity index is 3290. The molecule has 0 aliphatic carbocycles. The second-order valence-electron chi connectivity index (χ2n) is 15.9.